The Morgan fingerprint density at radius 2 is 1.67 bits per heavy atom. The summed E-state index contributed by atoms with van der Waals surface area (Å²) >= 11 is 6.39. The summed E-state index contributed by atoms with van der Waals surface area (Å²) in [6, 6.07) is 17.8. The third-order valence-electron chi connectivity index (χ3n) is 6.98. The first kappa shape index (κ1) is 32.9. The number of halogens is 1. The van der Waals surface area contributed by atoms with E-state index in [9.17, 15) is 18.0 Å². The van der Waals surface area contributed by atoms with E-state index in [1.54, 1.807) is 24.3 Å². The maximum absolute atomic E-state index is 14.2. The predicted octanol–water partition coefficient (Wildman–Crippen LogP) is 5.74. The number of benzene rings is 3. The van der Waals surface area contributed by atoms with Crippen LogP contribution < -0.4 is 14.4 Å². The molecule has 0 fully saturated rings. The molecule has 42 heavy (non-hydrogen) atoms. The van der Waals surface area contributed by atoms with Gasteiger partial charge in [-0.3, -0.25) is 13.9 Å². The molecule has 3 rings (SSSR count). The molecule has 0 heterocycles. The van der Waals surface area contributed by atoms with Crippen molar-refractivity contribution in [2.75, 3.05) is 24.5 Å². The highest BCUT2D eigenvalue weighted by Crippen LogP contribution is 2.32. The minimum atomic E-state index is -4.21. The molecule has 0 aliphatic heterocycles. The number of rotatable bonds is 13. The van der Waals surface area contributed by atoms with Crippen LogP contribution in [-0.4, -0.2) is 51.4 Å². The number of ether oxygens (including phenoxy) is 1. The zero-order valence-electron chi connectivity index (χ0n) is 25.1. The van der Waals surface area contributed by atoms with Crippen LogP contribution in [0.4, 0.5) is 5.69 Å². The summed E-state index contributed by atoms with van der Waals surface area (Å²) in [6.07, 6.45) is 0.348. The van der Waals surface area contributed by atoms with Gasteiger partial charge in [-0.1, -0.05) is 74.3 Å². The van der Waals surface area contributed by atoms with Gasteiger partial charge in [0.25, 0.3) is 10.0 Å². The average molecular weight is 614 g/mol. The molecule has 3 aromatic rings. The molecule has 0 spiro atoms. The highest BCUT2D eigenvalue weighted by Gasteiger charge is 2.34. The number of anilines is 1. The second-order valence-corrected chi connectivity index (χ2v) is 12.9. The van der Waals surface area contributed by atoms with Crippen LogP contribution in [0.25, 0.3) is 0 Å². The molecule has 0 saturated carbocycles. The van der Waals surface area contributed by atoms with E-state index in [0.29, 0.717) is 18.7 Å². The lowest BCUT2D eigenvalue weighted by Gasteiger charge is -2.33. The number of carbonyl (C=O) groups is 2. The molecule has 0 bridgehead atoms. The Hall–Kier alpha value is -3.56. The zero-order valence-corrected chi connectivity index (χ0v) is 26.6. The number of hydrogen-bond acceptors (Lipinski definition) is 5. The first-order chi connectivity index (χ1) is 19.9. The van der Waals surface area contributed by atoms with Gasteiger partial charge >= 0.3 is 0 Å². The van der Waals surface area contributed by atoms with Crippen molar-refractivity contribution >= 4 is 39.1 Å². The van der Waals surface area contributed by atoms with E-state index < -0.39 is 28.5 Å². The van der Waals surface area contributed by atoms with Gasteiger partial charge in [-0.25, -0.2) is 8.42 Å². The fourth-order valence-electron chi connectivity index (χ4n) is 4.49. The van der Waals surface area contributed by atoms with Gasteiger partial charge in [0.15, 0.2) is 0 Å². The van der Waals surface area contributed by atoms with Crippen LogP contribution in [0.1, 0.15) is 43.9 Å². The Kier molecular flexibility index (Phi) is 11.4. The van der Waals surface area contributed by atoms with Crippen molar-refractivity contribution in [3.8, 4) is 5.75 Å². The number of nitrogens with one attached hydrogen (secondary N) is 1. The second-order valence-electron chi connectivity index (χ2n) is 10.7. The molecule has 8 nitrogen and oxygen atoms in total. The Labute approximate surface area is 254 Å². The monoisotopic (exact) mass is 613 g/mol. The van der Waals surface area contributed by atoms with Gasteiger partial charge < -0.3 is 15.0 Å². The van der Waals surface area contributed by atoms with E-state index in [1.807, 2.05) is 58.9 Å². The van der Waals surface area contributed by atoms with Gasteiger partial charge in [-0.2, -0.15) is 0 Å². The lowest BCUT2D eigenvalue weighted by Crippen LogP contribution is -2.52. The average Bonchev–Trinajstić information content (AvgIpc) is 2.95. The second kappa shape index (κ2) is 14.6. The number of nitrogens with zero attached hydrogens (tertiary/aromatic N) is 2. The summed E-state index contributed by atoms with van der Waals surface area (Å²) in [5, 5.41) is 3.14. The molecular formula is C32H40ClN3O5S. The largest absolute Gasteiger partial charge is 0.495 e. The minimum Gasteiger partial charge on any atom is -0.495 e. The lowest BCUT2D eigenvalue weighted by molar-refractivity contribution is -0.140. The fraction of sp³-hybridized carbons (Fsp3) is 0.375. The summed E-state index contributed by atoms with van der Waals surface area (Å²) in [6.45, 7) is 9.67. The van der Waals surface area contributed by atoms with Crippen LogP contribution >= 0.6 is 11.6 Å². The van der Waals surface area contributed by atoms with Crippen molar-refractivity contribution in [1.29, 1.82) is 0 Å². The summed E-state index contributed by atoms with van der Waals surface area (Å²) in [7, 11) is -2.74. The highest BCUT2D eigenvalue weighted by molar-refractivity contribution is 7.92. The number of sulfonamides is 1. The van der Waals surface area contributed by atoms with Crippen LogP contribution in [0.2, 0.25) is 5.02 Å². The van der Waals surface area contributed by atoms with Gasteiger partial charge in [0.1, 0.15) is 18.3 Å². The fourth-order valence-corrected chi connectivity index (χ4v) is 6.15. The van der Waals surface area contributed by atoms with Crippen molar-refractivity contribution in [3.05, 3.63) is 88.4 Å². The molecule has 1 atom stereocenters. The summed E-state index contributed by atoms with van der Waals surface area (Å²) in [5.41, 5.74) is 2.91. The van der Waals surface area contributed by atoms with Gasteiger partial charge in [-0.05, 0) is 67.6 Å². The van der Waals surface area contributed by atoms with Gasteiger partial charge in [0.2, 0.25) is 11.8 Å². The molecule has 1 unspecified atom stereocenters. The highest BCUT2D eigenvalue weighted by atomic mass is 35.5. The van der Waals surface area contributed by atoms with Crippen molar-refractivity contribution in [2.45, 2.75) is 58.5 Å². The molecule has 3 aromatic carbocycles. The first-order valence-corrected chi connectivity index (χ1v) is 15.7. The molecule has 0 aromatic heterocycles. The third-order valence-corrected chi connectivity index (χ3v) is 9.07. The number of carbonyl (C=O) groups excluding carboxylic acids is 2. The number of aryl methyl sites for hydroxylation is 2. The van der Waals surface area contributed by atoms with Gasteiger partial charge in [-0.15, -0.1) is 0 Å². The van der Waals surface area contributed by atoms with Crippen molar-refractivity contribution < 1.29 is 22.7 Å². The third kappa shape index (κ3) is 8.04. The summed E-state index contributed by atoms with van der Waals surface area (Å²) in [5.74, 6) is -0.212. The van der Waals surface area contributed by atoms with Crippen molar-refractivity contribution in [1.82, 2.24) is 10.2 Å². The molecular weight excluding hydrogens is 574 g/mol. The van der Waals surface area contributed by atoms with Crippen LogP contribution in [0.3, 0.4) is 0 Å². The Morgan fingerprint density at radius 1 is 1.00 bits per heavy atom. The lowest BCUT2D eigenvalue weighted by atomic mass is 10.1. The van der Waals surface area contributed by atoms with E-state index in [4.69, 9.17) is 16.3 Å². The predicted molar refractivity (Wildman–Crippen MR) is 167 cm³/mol. The molecule has 1 N–H and O–H groups in total. The van der Waals surface area contributed by atoms with E-state index in [2.05, 4.69) is 5.32 Å². The number of hydrogen-bond donors (Lipinski definition) is 1. The standard InChI is InChI=1S/C32H40ClN3O5S/c1-7-29(32(38)34-19-22(2)3)35(20-25-11-9-8-10-24(25)5)31(37)21-36(26-14-17-30(41-6)28(33)18-26)42(39,40)27-15-12-23(4)13-16-27/h8-18,22,29H,7,19-21H2,1-6H3,(H,34,38). The van der Waals surface area contributed by atoms with Crippen LogP contribution in [0.5, 0.6) is 5.75 Å². The minimum absolute atomic E-state index is 0.0278. The van der Waals surface area contributed by atoms with E-state index in [0.717, 1.165) is 21.0 Å². The topological polar surface area (TPSA) is 96.0 Å². The van der Waals surface area contributed by atoms with Gasteiger partial charge in [0, 0.05) is 13.1 Å². The van der Waals surface area contributed by atoms with Crippen molar-refractivity contribution in [2.24, 2.45) is 5.92 Å². The zero-order chi connectivity index (χ0) is 31.0. The summed E-state index contributed by atoms with van der Waals surface area (Å²) in [4.78, 5) is 29.1. The molecule has 10 heteroatoms. The molecule has 0 aliphatic carbocycles. The quantitative estimate of drug-likeness (QED) is 0.265. The van der Waals surface area contributed by atoms with E-state index in [1.165, 1.54) is 30.2 Å². The van der Waals surface area contributed by atoms with Crippen molar-refractivity contribution in [3.63, 3.8) is 0 Å². The Bertz CT molecular complexity index is 1490. The molecule has 2 amide bonds. The smallest absolute Gasteiger partial charge is 0.264 e. The molecule has 226 valence electrons. The van der Waals surface area contributed by atoms with E-state index >= 15 is 0 Å². The first-order valence-electron chi connectivity index (χ1n) is 13.9. The summed E-state index contributed by atoms with van der Waals surface area (Å²) < 4.78 is 34.4. The van der Waals surface area contributed by atoms with Gasteiger partial charge in [0.05, 0.1) is 22.7 Å². The van der Waals surface area contributed by atoms with Crippen LogP contribution in [-0.2, 0) is 26.2 Å². The number of methoxy groups -OCH3 is 1. The van der Waals surface area contributed by atoms with E-state index in [-0.39, 0.29) is 34.0 Å². The SMILES string of the molecule is CCC(C(=O)NCC(C)C)N(Cc1ccccc1C)C(=O)CN(c1ccc(OC)c(Cl)c1)S(=O)(=O)c1ccc(C)cc1. The van der Waals surface area contributed by atoms with Crippen LogP contribution in [0.15, 0.2) is 71.6 Å². The number of amides is 2. The maximum Gasteiger partial charge on any atom is 0.264 e. The molecule has 0 aliphatic rings. The molecule has 0 saturated heterocycles. The maximum atomic E-state index is 14.2. The normalized spacial score (nSPS) is 12.1. The Morgan fingerprint density at radius 3 is 2.24 bits per heavy atom. The van der Waals surface area contributed by atoms with Crippen LogP contribution in [0, 0.1) is 19.8 Å². The Balaban J connectivity index is 2.09. The molecule has 0 radical (unpaired) electrons.